The van der Waals surface area contributed by atoms with Gasteiger partial charge in [0, 0.05) is 0 Å². The van der Waals surface area contributed by atoms with E-state index in [1.165, 1.54) is 70.6 Å². The minimum absolute atomic E-state index is 0. The van der Waals surface area contributed by atoms with E-state index in [9.17, 15) is 0 Å². The Labute approximate surface area is 172 Å². The van der Waals surface area contributed by atoms with Crippen LogP contribution in [0.25, 0.3) is 0 Å². The van der Waals surface area contributed by atoms with Crippen LogP contribution >= 0.6 is 0 Å². The fourth-order valence-electron chi connectivity index (χ4n) is 4.08. The molecule has 3 aliphatic rings. The molecule has 0 saturated heterocycles. The number of halogens is 2. The van der Waals surface area contributed by atoms with Gasteiger partial charge in [0.2, 0.25) is 0 Å². The molecule has 0 atom stereocenters. The van der Waals surface area contributed by atoms with Crippen LogP contribution in [0.4, 0.5) is 0 Å². The molecule has 1 fully saturated rings. The van der Waals surface area contributed by atoms with Crippen LogP contribution in [0.2, 0.25) is 0 Å². The second-order valence-corrected chi connectivity index (χ2v) is 10.5. The van der Waals surface area contributed by atoms with Crippen molar-refractivity contribution in [1.82, 2.24) is 0 Å². The molecule has 0 amide bonds. The second kappa shape index (κ2) is 11.9. The minimum Gasteiger partial charge on any atom is -1.00 e. The number of hydrogen-bond donors (Lipinski definition) is 0. The normalized spacial score (nSPS) is 20.7. The fourth-order valence-corrected chi connectivity index (χ4v) is 7.95. The summed E-state index contributed by atoms with van der Waals surface area (Å²) in [6, 6.07) is 0. The van der Waals surface area contributed by atoms with Gasteiger partial charge in [0.05, 0.1) is 0 Å². The van der Waals surface area contributed by atoms with Crippen molar-refractivity contribution < 1.29 is 48.0 Å². The van der Waals surface area contributed by atoms with Gasteiger partial charge in [-0.1, -0.05) is 0 Å². The molecule has 0 aromatic carbocycles. The SMILES string of the molecule is CCCCC1=[C]([Zr+2][C]2=CC=CC2)C(C2CCCCCC2)=CC1.[Cl-].[Cl-]. The summed E-state index contributed by atoms with van der Waals surface area (Å²) in [7, 11) is 0. The molecule has 0 heterocycles. The number of hydrogen-bond acceptors (Lipinski definition) is 0. The zero-order valence-corrected chi connectivity index (χ0v) is 18.9. The summed E-state index contributed by atoms with van der Waals surface area (Å²) in [4.78, 5) is 0. The van der Waals surface area contributed by atoms with E-state index in [1.54, 1.807) is 3.28 Å². The van der Waals surface area contributed by atoms with Gasteiger partial charge in [0.25, 0.3) is 0 Å². The predicted octanol–water partition coefficient (Wildman–Crippen LogP) is 0.666. The van der Waals surface area contributed by atoms with Crippen molar-refractivity contribution in [3.05, 3.63) is 42.0 Å². The molecule has 3 rings (SSSR count). The van der Waals surface area contributed by atoms with Crippen molar-refractivity contribution in [3.8, 4) is 0 Å². The quantitative estimate of drug-likeness (QED) is 0.529. The van der Waals surface area contributed by atoms with Gasteiger partial charge < -0.3 is 24.8 Å². The van der Waals surface area contributed by atoms with Crippen LogP contribution in [0.5, 0.6) is 0 Å². The summed E-state index contributed by atoms with van der Waals surface area (Å²) >= 11 is -0.527. The molecule has 0 radical (unpaired) electrons. The first kappa shape index (κ1) is 22.5. The Hall–Kier alpha value is 0.423. The van der Waals surface area contributed by atoms with Gasteiger partial charge in [-0.05, 0) is 0 Å². The molecule has 24 heavy (non-hydrogen) atoms. The first-order valence-corrected chi connectivity index (χ1v) is 11.9. The molecular weight excluding hydrogens is 414 g/mol. The molecule has 3 heteroatoms. The molecule has 132 valence electrons. The Morgan fingerprint density at radius 2 is 1.79 bits per heavy atom. The summed E-state index contributed by atoms with van der Waals surface area (Å²) in [5.41, 5.74) is 3.69. The van der Waals surface area contributed by atoms with Gasteiger partial charge in [-0.2, -0.15) is 0 Å². The van der Waals surface area contributed by atoms with Gasteiger partial charge in [0.1, 0.15) is 0 Å². The third kappa shape index (κ3) is 6.00. The maximum Gasteiger partial charge on any atom is -1.00 e. The molecule has 0 aromatic heterocycles. The summed E-state index contributed by atoms with van der Waals surface area (Å²) in [5.74, 6) is 0.910. The Morgan fingerprint density at radius 1 is 1.04 bits per heavy atom. The van der Waals surface area contributed by atoms with Crippen LogP contribution in [-0.4, -0.2) is 0 Å². The number of allylic oxidation sites excluding steroid dienone is 8. The molecule has 0 unspecified atom stereocenters. The van der Waals surface area contributed by atoms with E-state index in [0.29, 0.717) is 0 Å². The third-order valence-electron chi connectivity index (χ3n) is 5.39. The summed E-state index contributed by atoms with van der Waals surface area (Å²) in [6.45, 7) is 2.33. The molecule has 3 aliphatic carbocycles. The van der Waals surface area contributed by atoms with E-state index in [0.717, 1.165) is 5.92 Å². The zero-order chi connectivity index (χ0) is 15.2. The summed E-state index contributed by atoms with van der Waals surface area (Å²) in [5, 5.41) is 0. The van der Waals surface area contributed by atoms with Crippen molar-refractivity contribution >= 4 is 0 Å². The van der Waals surface area contributed by atoms with Gasteiger partial charge in [-0.15, -0.1) is 0 Å². The van der Waals surface area contributed by atoms with Crippen molar-refractivity contribution in [2.24, 2.45) is 5.92 Å². The van der Waals surface area contributed by atoms with Crippen LogP contribution in [0, 0.1) is 5.92 Å². The maximum atomic E-state index is 2.65. The van der Waals surface area contributed by atoms with Gasteiger partial charge in [-0.3, -0.25) is 0 Å². The average molecular weight is 445 g/mol. The molecule has 0 N–H and O–H groups in total. The first-order chi connectivity index (χ1) is 10.9. The summed E-state index contributed by atoms with van der Waals surface area (Å²) in [6.07, 6.45) is 25.2. The van der Waals surface area contributed by atoms with Crippen molar-refractivity contribution in [3.63, 3.8) is 0 Å². The van der Waals surface area contributed by atoms with E-state index in [1.807, 2.05) is 14.4 Å². The van der Waals surface area contributed by atoms with Gasteiger partial charge >= 0.3 is 149 Å². The molecular formula is C21H30Cl2Zr. The average Bonchev–Trinajstić information content (AvgIpc) is 3.10. The van der Waals surface area contributed by atoms with Crippen LogP contribution in [0.1, 0.15) is 77.6 Å². The van der Waals surface area contributed by atoms with Crippen molar-refractivity contribution in [2.75, 3.05) is 0 Å². The van der Waals surface area contributed by atoms with Gasteiger partial charge in [0.15, 0.2) is 0 Å². The Bertz CT molecular complexity index is 506. The van der Waals surface area contributed by atoms with Crippen molar-refractivity contribution in [2.45, 2.75) is 77.6 Å². The van der Waals surface area contributed by atoms with Crippen molar-refractivity contribution in [1.29, 1.82) is 0 Å². The number of unbranched alkanes of at least 4 members (excludes halogenated alkanes) is 1. The standard InChI is InChI=1S/C16H25.C5H5.2ClH.Zr/c1-2-3-8-14-11-12-16(13-14)15-9-6-4-5-7-10-15;1-2-4-5-3-1;;;/h12,15H,2-11H2,1H3;1-3H,4H2;2*1H;/q;;;;+2/p-2. The van der Waals surface area contributed by atoms with Crippen LogP contribution in [0.15, 0.2) is 42.0 Å². The number of rotatable bonds is 6. The smallest absolute Gasteiger partial charge is 1.00 e. The molecule has 0 aromatic rings. The van der Waals surface area contributed by atoms with E-state index in [-0.39, 0.29) is 24.8 Å². The topological polar surface area (TPSA) is 0 Å². The Morgan fingerprint density at radius 3 is 2.42 bits per heavy atom. The van der Waals surface area contributed by atoms with Crippen LogP contribution in [0.3, 0.4) is 0 Å². The molecule has 0 nitrogen and oxygen atoms in total. The Balaban J connectivity index is 0.00000144. The Kier molecular flexibility index (Phi) is 11.2. The van der Waals surface area contributed by atoms with Crippen LogP contribution in [-0.2, 0) is 23.2 Å². The molecule has 0 spiro atoms. The first-order valence-electron chi connectivity index (χ1n) is 9.43. The van der Waals surface area contributed by atoms with E-state index < -0.39 is 23.2 Å². The third-order valence-corrected chi connectivity index (χ3v) is 9.29. The largest absolute Gasteiger partial charge is 1.00 e. The van der Waals surface area contributed by atoms with Gasteiger partial charge in [-0.25, -0.2) is 0 Å². The predicted molar refractivity (Wildman–Crippen MR) is 92.3 cm³/mol. The molecule has 0 bridgehead atoms. The second-order valence-electron chi connectivity index (χ2n) is 7.08. The van der Waals surface area contributed by atoms with E-state index >= 15 is 0 Å². The monoisotopic (exact) mass is 442 g/mol. The minimum atomic E-state index is -0.527. The van der Waals surface area contributed by atoms with E-state index in [2.05, 4.69) is 31.2 Å². The van der Waals surface area contributed by atoms with E-state index in [4.69, 9.17) is 0 Å². The zero-order valence-electron chi connectivity index (χ0n) is 14.9. The molecule has 1 saturated carbocycles. The van der Waals surface area contributed by atoms with Crippen LogP contribution < -0.4 is 24.8 Å². The maximum absolute atomic E-state index is 2.65. The summed E-state index contributed by atoms with van der Waals surface area (Å²) < 4.78 is 3.73. The fraction of sp³-hybridized carbons (Fsp3) is 0.619. The molecule has 0 aliphatic heterocycles.